The van der Waals surface area contributed by atoms with E-state index in [2.05, 4.69) is 10.2 Å². The van der Waals surface area contributed by atoms with E-state index < -0.39 is 5.82 Å². The summed E-state index contributed by atoms with van der Waals surface area (Å²) in [7, 11) is 0. The zero-order valence-electron chi connectivity index (χ0n) is 12.8. The molecule has 1 fully saturated rings. The van der Waals surface area contributed by atoms with Crippen LogP contribution in [0.3, 0.4) is 0 Å². The number of rotatable bonds is 5. The summed E-state index contributed by atoms with van der Waals surface area (Å²) in [6, 6.07) is 6.63. The average Bonchev–Trinajstić information content (AvgIpc) is 2.53. The van der Waals surface area contributed by atoms with Crippen molar-refractivity contribution >= 4 is 11.6 Å². The lowest BCUT2D eigenvalue weighted by molar-refractivity contribution is -0.122. The number of carbonyl (C=O) groups excluding carboxylic acids is 1. The number of hydrogen-bond donors (Lipinski definition) is 1. The number of amides is 1. The predicted molar refractivity (Wildman–Crippen MR) is 83.1 cm³/mol. The third kappa shape index (κ3) is 3.95. The van der Waals surface area contributed by atoms with E-state index in [0.29, 0.717) is 31.9 Å². The highest BCUT2D eigenvalue weighted by atomic mass is 19.1. The number of anilines is 1. The Morgan fingerprint density at radius 1 is 1.36 bits per heavy atom. The van der Waals surface area contributed by atoms with Gasteiger partial charge in [-0.1, -0.05) is 13.0 Å². The van der Waals surface area contributed by atoms with Gasteiger partial charge < -0.3 is 10.2 Å². The van der Waals surface area contributed by atoms with Gasteiger partial charge in [-0.3, -0.25) is 9.69 Å². The highest BCUT2D eigenvalue weighted by Gasteiger charge is 2.21. The Bertz CT molecular complexity index is 562. The molecular weight excluding hydrogens is 283 g/mol. The van der Waals surface area contributed by atoms with E-state index in [1.165, 1.54) is 6.07 Å². The standard InChI is InChI=1S/C16H21FN4O/c1-2-6-19-16(22)12-20-7-9-21(10-8-20)15-5-3-4-14(17)13(15)11-18/h3-5H,2,6-10,12H2,1H3,(H,19,22). The summed E-state index contributed by atoms with van der Waals surface area (Å²) < 4.78 is 13.7. The van der Waals surface area contributed by atoms with Crippen LogP contribution in [0.5, 0.6) is 0 Å². The van der Waals surface area contributed by atoms with Gasteiger partial charge in [-0.05, 0) is 18.6 Å². The highest BCUT2D eigenvalue weighted by molar-refractivity contribution is 5.78. The summed E-state index contributed by atoms with van der Waals surface area (Å²) in [6.45, 7) is 5.92. The van der Waals surface area contributed by atoms with E-state index in [0.717, 1.165) is 19.5 Å². The fourth-order valence-electron chi connectivity index (χ4n) is 2.56. The van der Waals surface area contributed by atoms with Crippen LogP contribution >= 0.6 is 0 Å². The molecule has 0 aromatic heterocycles. The Hall–Kier alpha value is -2.13. The van der Waals surface area contributed by atoms with Crippen molar-refractivity contribution < 1.29 is 9.18 Å². The van der Waals surface area contributed by atoms with Crippen LogP contribution in [0.25, 0.3) is 0 Å². The van der Waals surface area contributed by atoms with Crippen LogP contribution in [0.15, 0.2) is 18.2 Å². The summed E-state index contributed by atoms with van der Waals surface area (Å²) in [5.74, 6) is -0.444. The average molecular weight is 304 g/mol. The molecule has 1 amide bonds. The van der Waals surface area contributed by atoms with Crippen LogP contribution in [0.2, 0.25) is 0 Å². The van der Waals surface area contributed by atoms with Crippen LogP contribution in [-0.4, -0.2) is 50.1 Å². The molecule has 1 aromatic carbocycles. The van der Waals surface area contributed by atoms with E-state index in [1.54, 1.807) is 12.1 Å². The fraction of sp³-hybridized carbons (Fsp3) is 0.500. The maximum absolute atomic E-state index is 13.7. The Labute approximate surface area is 130 Å². The molecule has 0 spiro atoms. The van der Waals surface area contributed by atoms with Crippen molar-refractivity contribution in [2.75, 3.05) is 44.2 Å². The molecule has 0 aliphatic carbocycles. The van der Waals surface area contributed by atoms with Crippen molar-refractivity contribution in [3.8, 4) is 6.07 Å². The molecule has 1 N–H and O–H groups in total. The van der Waals surface area contributed by atoms with E-state index in [4.69, 9.17) is 5.26 Å². The Morgan fingerprint density at radius 2 is 2.09 bits per heavy atom. The third-order valence-corrected chi connectivity index (χ3v) is 3.76. The second-order valence-corrected chi connectivity index (χ2v) is 5.36. The molecule has 1 aromatic rings. The van der Waals surface area contributed by atoms with Gasteiger partial charge in [0, 0.05) is 32.7 Å². The normalized spacial score (nSPS) is 15.4. The lowest BCUT2D eigenvalue weighted by Crippen LogP contribution is -2.49. The summed E-state index contributed by atoms with van der Waals surface area (Å²) >= 11 is 0. The number of nitriles is 1. The molecule has 0 atom stereocenters. The molecular formula is C16H21FN4O. The van der Waals surface area contributed by atoms with E-state index in [9.17, 15) is 9.18 Å². The van der Waals surface area contributed by atoms with Gasteiger partial charge in [-0.25, -0.2) is 4.39 Å². The van der Waals surface area contributed by atoms with Crippen molar-refractivity contribution in [3.05, 3.63) is 29.6 Å². The maximum Gasteiger partial charge on any atom is 0.234 e. The number of halogens is 1. The summed E-state index contributed by atoms with van der Waals surface area (Å²) in [4.78, 5) is 15.8. The summed E-state index contributed by atoms with van der Waals surface area (Å²) in [5.41, 5.74) is 0.731. The molecule has 1 aliphatic rings. The molecule has 0 radical (unpaired) electrons. The lowest BCUT2D eigenvalue weighted by atomic mass is 10.1. The van der Waals surface area contributed by atoms with Crippen LogP contribution < -0.4 is 10.2 Å². The predicted octanol–water partition coefficient (Wildman–Crippen LogP) is 1.35. The first-order chi connectivity index (χ1) is 10.7. The number of benzene rings is 1. The Morgan fingerprint density at radius 3 is 2.73 bits per heavy atom. The zero-order valence-corrected chi connectivity index (χ0v) is 12.8. The molecule has 0 bridgehead atoms. The third-order valence-electron chi connectivity index (χ3n) is 3.76. The molecule has 1 saturated heterocycles. The quantitative estimate of drug-likeness (QED) is 0.892. The monoisotopic (exact) mass is 304 g/mol. The van der Waals surface area contributed by atoms with Crippen molar-refractivity contribution in [1.82, 2.24) is 10.2 Å². The summed E-state index contributed by atoms with van der Waals surface area (Å²) in [5, 5.41) is 12.0. The molecule has 6 heteroatoms. The van der Waals surface area contributed by atoms with Crippen molar-refractivity contribution in [3.63, 3.8) is 0 Å². The highest BCUT2D eigenvalue weighted by Crippen LogP contribution is 2.23. The van der Waals surface area contributed by atoms with Gasteiger partial charge >= 0.3 is 0 Å². The number of nitrogens with zero attached hydrogens (tertiary/aromatic N) is 3. The number of carbonyl (C=O) groups is 1. The molecule has 0 unspecified atom stereocenters. The SMILES string of the molecule is CCCNC(=O)CN1CCN(c2cccc(F)c2C#N)CC1. The van der Waals surface area contributed by atoms with Gasteiger partial charge in [-0.15, -0.1) is 0 Å². The van der Waals surface area contributed by atoms with E-state index >= 15 is 0 Å². The molecule has 2 rings (SSSR count). The van der Waals surface area contributed by atoms with Gasteiger partial charge in [0.1, 0.15) is 17.4 Å². The first-order valence-corrected chi connectivity index (χ1v) is 7.58. The molecule has 1 heterocycles. The Balaban J connectivity index is 1.92. The maximum atomic E-state index is 13.7. The van der Waals surface area contributed by atoms with Crippen LogP contribution in [0.4, 0.5) is 10.1 Å². The van der Waals surface area contributed by atoms with Gasteiger partial charge in [0.15, 0.2) is 0 Å². The van der Waals surface area contributed by atoms with Gasteiger partial charge in [0.05, 0.1) is 12.2 Å². The topological polar surface area (TPSA) is 59.4 Å². The number of hydrogen-bond acceptors (Lipinski definition) is 4. The molecule has 22 heavy (non-hydrogen) atoms. The summed E-state index contributed by atoms with van der Waals surface area (Å²) in [6.07, 6.45) is 0.927. The van der Waals surface area contributed by atoms with Gasteiger partial charge in [0.2, 0.25) is 5.91 Å². The second kappa shape index (κ2) is 7.76. The minimum absolute atomic E-state index is 0.0405. The lowest BCUT2D eigenvalue weighted by Gasteiger charge is -2.36. The first kappa shape index (κ1) is 16.2. The Kier molecular flexibility index (Phi) is 5.73. The van der Waals surface area contributed by atoms with Crippen LogP contribution in [0.1, 0.15) is 18.9 Å². The molecule has 0 saturated carbocycles. The first-order valence-electron chi connectivity index (χ1n) is 7.58. The fourth-order valence-corrected chi connectivity index (χ4v) is 2.56. The zero-order chi connectivity index (χ0) is 15.9. The van der Waals surface area contributed by atoms with Crippen molar-refractivity contribution in [1.29, 1.82) is 5.26 Å². The van der Waals surface area contributed by atoms with Crippen LogP contribution in [0, 0.1) is 17.1 Å². The minimum Gasteiger partial charge on any atom is -0.368 e. The largest absolute Gasteiger partial charge is 0.368 e. The van der Waals surface area contributed by atoms with Crippen molar-refractivity contribution in [2.24, 2.45) is 0 Å². The van der Waals surface area contributed by atoms with E-state index in [-0.39, 0.29) is 11.5 Å². The molecule has 5 nitrogen and oxygen atoms in total. The second-order valence-electron chi connectivity index (χ2n) is 5.36. The van der Waals surface area contributed by atoms with Gasteiger partial charge in [-0.2, -0.15) is 5.26 Å². The molecule has 1 aliphatic heterocycles. The number of nitrogens with one attached hydrogen (secondary N) is 1. The minimum atomic E-state index is -0.485. The van der Waals surface area contributed by atoms with Crippen LogP contribution in [-0.2, 0) is 4.79 Å². The van der Waals surface area contributed by atoms with Gasteiger partial charge in [0.25, 0.3) is 0 Å². The smallest absolute Gasteiger partial charge is 0.234 e. The molecule has 118 valence electrons. The van der Waals surface area contributed by atoms with Crippen molar-refractivity contribution in [2.45, 2.75) is 13.3 Å². The van der Waals surface area contributed by atoms with E-state index in [1.807, 2.05) is 17.9 Å². The number of piperazine rings is 1.